The molecule has 13 heavy (non-hydrogen) atoms. The van der Waals surface area contributed by atoms with Crippen molar-refractivity contribution in [2.24, 2.45) is 16.7 Å². The van der Waals surface area contributed by atoms with Crippen molar-refractivity contribution in [3.05, 3.63) is 0 Å². The molecule has 0 aromatic heterocycles. The first kappa shape index (κ1) is 12.1. The molecule has 0 aliphatic carbocycles. The summed E-state index contributed by atoms with van der Waals surface area (Å²) < 4.78 is 0. The smallest absolute Gasteiger partial charge is 0.230 e. The number of nitrogens with two attached hydrogens (primary N) is 2. The second-order valence-electron chi connectivity index (χ2n) is 2.63. The van der Waals surface area contributed by atoms with E-state index < -0.39 is 0 Å². The number of carbonyl (C=O) groups is 1. The van der Waals surface area contributed by atoms with Gasteiger partial charge in [-0.1, -0.05) is 18.7 Å². The molecule has 0 radical (unpaired) electrons. The van der Waals surface area contributed by atoms with Crippen molar-refractivity contribution in [1.29, 1.82) is 0 Å². The third-order valence-corrected chi connectivity index (χ3v) is 2.31. The molecule has 0 saturated carbocycles. The largest absolute Gasteiger partial charge is 0.377 e. The van der Waals surface area contributed by atoms with Gasteiger partial charge in [0.15, 0.2) is 5.17 Å². The second kappa shape index (κ2) is 6.59. The van der Waals surface area contributed by atoms with Crippen LogP contribution in [0.4, 0.5) is 0 Å². The Balaban J connectivity index is 3.63. The first-order chi connectivity index (χ1) is 6.10. The quantitative estimate of drug-likeness (QED) is 0.256. The zero-order valence-electron chi connectivity index (χ0n) is 7.91. The summed E-state index contributed by atoms with van der Waals surface area (Å²) in [5.41, 5.74) is 5.29. The monoisotopic (exact) mass is 204 g/mol. The molecule has 5 nitrogen and oxygen atoms in total. The lowest BCUT2D eigenvalue weighted by Crippen LogP contribution is -2.33. The van der Waals surface area contributed by atoms with E-state index >= 15 is 0 Å². The lowest BCUT2D eigenvalue weighted by atomic mass is 10.3. The van der Waals surface area contributed by atoms with Crippen LogP contribution in [0.3, 0.4) is 0 Å². The Hall–Kier alpha value is -0.910. The van der Waals surface area contributed by atoms with Crippen molar-refractivity contribution in [3.63, 3.8) is 0 Å². The van der Waals surface area contributed by atoms with E-state index in [2.05, 4.69) is 10.4 Å². The van der Waals surface area contributed by atoms with Gasteiger partial charge in [-0.25, -0.2) is 0 Å². The molecule has 0 aliphatic rings. The van der Waals surface area contributed by atoms with Crippen molar-refractivity contribution in [1.82, 2.24) is 5.32 Å². The standard InChI is InChI=1S/C7H16N4OS/c1-3-5(2)10-6(12)4-13-7(8)11-9/h5H,3-4,9H2,1-2H3,(H2,8,11)(H,10,12). The first-order valence-corrected chi connectivity index (χ1v) is 5.04. The molecule has 0 rings (SSSR count). The average Bonchev–Trinajstić information content (AvgIpc) is 2.13. The van der Waals surface area contributed by atoms with Crippen molar-refractivity contribution in [2.45, 2.75) is 26.3 Å². The van der Waals surface area contributed by atoms with E-state index in [1.165, 1.54) is 0 Å². The molecule has 0 fully saturated rings. The topological polar surface area (TPSA) is 93.5 Å². The number of carbonyl (C=O) groups excluding carboxylic acids is 1. The van der Waals surface area contributed by atoms with E-state index in [-0.39, 0.29) is 22.9 Å². The van der Waals surface area contributed by atoms with Crippen LogP contribution >= 0.6 is 11.8 Å². The first-order valence-electron chi connectivity index (χ1n) is 4.05. The predicted octanol–water partition coefficient (Wildman–Crippen LogP) is -0.177. The molecule has 1 unspecified atom stereocenters. The molecular weight excluding hydrogens is 188 g/mol. The van der Waals surface area contributed by atoms with Crippen LogP contribution in [-0.4, -0.2) is 22.9 Å². The van der Waals surface area contributed by atoms with Gasteiger partial charge in [0.25, 0.3) is 0 Å². The van der Waals surface area contributed by atoms with E-state index in [4.69, 9.17) is 11.6 Å². The Morgan fingerprint density at radius 2 is 2.31 bits per heavy atom. The maximum atomic E-state index is 11.1. The highest BCUT2D eigenvalue weighted by Gasteiger charge is 2.06. The summed E-state index contributed by atoms with van der Waals surface area (Å²) in [6.45, 7) is 3.96. The molecule has 0 heterocycles. The number of nitrogens with one attached hydrogen (secondary N) is 1. The van der Waals surface area contributed by atoms with Crippen molar-refractivity contribution in [3.8, 4) is 0 Å². The fraction of sp³-hybridized carbons (Fsp3) is 0.714. The number of thioether (sulfide) groups is 1. The van der Waals surface area contributed by atoms with Gasteiger partial charge in [-0.05, 0) is 13.3 Å². The van der Waals surface area contributed by atoms with Crippen molar-refractivity contribution < 1.29 is 4.79 Å². The van der Waals surface area contributed by atoms with Crippen LogP contribution in [0, 0.1) is 0 Å². The van der Waals surface area contributed by atoms with Crippen LogP contribution in [0.15, 0.2) is 5.10 Å². The van der Waals surface area contributed by atoms with Gasteiger partial charge in [-0.2, -0.15) is 5.10 Å². The summed E-state index contributed by atoms with van der Waals surface area (Å²) >= 11 is 1.13. The van der Waals surface area contributed by atoms with Crippen LogP contribution in [0.5, 0.6) is 0 Å². The maximum Gasteiger partial charge on any atom is 0.230 e. The van der Waals surface area contributed by atoms with E-state index in [1.54, 1.807) is 0 Å². The lowest BCUT2D eigenvalue weighted by molar-refractivity contribution is -0.119. The van der Waals surface area contributed by atoms with E-state index in [0.717, 1.165) is 18.2 Å². The fourth-order valence-corrected chi connectivity index (χ4v) is 1.03. The minimum atomic E-state index is -0.0500. The van der Waals surface area contributed by atoms with Crippen molar-refractivity contribution >= 4 is 22.8 Å². The summed E-state index contributed by atoms with van der Waals surface area (Å²) in [7, 11) is 0. The number of hydrogen-bond acceptors (Lipinski definition) is 4. The molecule has 0 spiro atoms. The Kier molecular flexibility index (Phi) is 6.13. The number of amides is 1. The molecular formula is C7H16N4OS. The highest BCUT2D eigenvalue weighted by atomic mass is 32.2. The van der Waals surface area contributed by atoms with E-state index in [0.29, 0.717) is 0 Å². The van der Waals surface area contributed by atoms with Crippen LogP contribution in [0.1, 0.15) is 20.3 Å². The SMILES string of the molecule is CCC(C)NC(=O)CSC(N)=NN. The van der Waals surface area contributed by atoms with Gasteiger partial charge in [0.2, 0.25) is 5.91 Å². The summed E-state index contributed by atoms with van der Waals surface area (Å²) in [4.78, 5) is 11.1. The van der Waals surface area contributed by atoms with Gasteiger partial charge in [0, 0.05) is 6.04 Å². The maximum absolute atomic E-state index is 11.1. The molecule has 0 saturated heterocycles. The predicted molar refractivity (Wildman–Crippen MR) is 56.2 cm³/mol. The molecule has 0 aliphatic heterocycles. The Morgan fingerprint density at radius 3 is 2.77 bits per heavy atom. The minimum absolute atomic E-state index is 0.0500. The average molecular weight is 204 g/mol. The highest BCUT2D eigenvalue weighted by Crippen LogP contribution is 1.98. The molecule has 6 heteroatoms. The Bertz CT molecular complexity index is 195. The number of hydrogen-bond donors (Lipinski definition) is 3. The van der Waals surface area contributed by atoms with Crippen LogP contribution in [0.2, 0.25) is 0 Å². The highest BCUT2D eigenvalue weighted by molar-refractivity contribution is 8.14. The van der Waals surface area contributed by atoms with Gasteiger partial charge in [0.05, 0.1) is 5.75 Å². The summed E-state index contributed by atoms with van der Waals surface area (Å²) in [5, 5.41) is 6.26. The number of nitrogens with zero attached hydrogens (tertiary/aromatic N) is 1. The number of amidine groups is 1. The van der Waals surface area contributed by atoms with E-state index in [9.17, 15) is 4.79 Å². The lowest BCUT2D eigenvalue weighted by Gasteiger charge is -2.10. The van der Waals surface area contributed by atoms with Gasteiger partial charge in [-0.15, -0.1) is 0 Å². The second-order valence-corrected chi connectivity index (χ2v) is 3.63. The molecule has 0 aromatic rings. The molecule has 1 atom stereocenters. The van der Waals surface area contributed by atoms with Gasteiger partial charge in [0.1, 0.15) is 0 Å². The van der Waals surface area contributed by atoms with Gasteiger partial charge in [-0.3, -0.25) is 4.79 Å². The molecule has 0 aromatic carbocycles. The van der Waals surface area contributed by atoms with Crippen LogP contribution in [-0.2, 0) is 4.79 Å². The summed E-state index contributed by atoms with van der Waals surface area (Å²) in [6.07, 6.45) is 0.914. The van der Waals surface area contributed by atoms with Gasteiger partial charge < -0.3 is 16.9 Å². The van der Waals surface area contributed by atoms with Gasteiger partial charge >= 0.3 is 0 Å². The van der Waals surface area contributed by atoms with Crippen LogP contribution in [0.25, 0.3) is 0 Å². The third kappa shape index (κ3) is 6.27. The molecule has 1 amide bonds. The molecule has 0 bridgehead atoms. The summed E-state index contributed by atoms with van der Waals surface area (Å²) in [5.74, 6) is 5.11. The zero-order chi connectivity index (χ0) is 10.3. The number of hydrazone groups is 1. The summed E-state index contributed by atoms with van der Waals surface area (Å²) in [6, 6.07) is 0.198. The Labute approximate surface area is 82.3 Å². The Morgan fingerprint density at radius 1 is 1.69 bits per heavy atom. The zero-order valence-corrected chi connectivity index (χ0v) is 8.73. The molecule has 76 valence electrons. The van der Waals surface area contributed by atoms with Crippen molar-refractivity contribution in [2.75, 3.05) is 5.75 Å². The minimum Gasteiger partial charge on any atom is -0.377 e. The fourth-order valence-electron chi connectivity index (χ4n) is 0.595. The third-order valence-electron chi connectivity index (χ3n) is 1.50. The molecule has 5 N–H and O–H groups in total. The van der Waals surface area contributed by atoms with E-state index in [1.807, 2.05) is 13.8 Å². The number of rotatable bonds is 4. The normalized spacial score (nSPS) is 13.8. The van der Waals surface area contributed by atoms with Crippen LogP contribution < -0.4 is 16.9 Å².